The van der Waals surface area contributed by atoms with E-state index in [1.54, 1.807) is 0 Å². The van der Waals surface area contributed by atoms with Crippen LogP contribution in [0.5, 0.6) is 0 Å². The molecule has 2 amide bonds. The van der Waals surface area contributed by atoms with Gasteiger partial charge in [-0.15, -0.1) is 12.4 Å². The molecule has 1 aliphatic rings. The van der Waals surface area contributed by atoms with Crippen LogP contribution in [0.1, 0.15) is 44.1 Å². The van der Waals surface area contributed by atoms with E-state index in [9.17, 15) is 9.59 Å². The minimum atomic E-state index is -0.0282. The van der Waals surface area contributed by atoms with Crippen LogP contribution in [0, 0.1) is 0 Å². The first-order chi connectivity index (χ1) is 11.7. The lowest BCUT2D eigenvalue weighted by molar-refractivity contribution is -0.135. The molecule has 0 aromatic heterocycles. The molecule has 1 heterocycles. The third-order valence-corrected chi connectivity index (χ3v) is 4.55. The van der Waals surface area contributed by atoms with Gasteiger partial charge in [-0.25, -0.2) is 0 Å². The Morgan fingerprint density at radius 1 is 1.16 bits per heavy atom. The molecule has 1 atom stereocenters. The van der Waals surface area contributed by atoms with Crippen molar-refractivity contribution in [1.29, 1.82) is 0 Å². The zero-order valence-electron chi connectivity index (χ0n) is 14.8. The molecule has 0 bridgehead atoms. The summed E-state index contributed by atoms with van der Waals surface area (Å²) >= 11 is 0. The Morgan fingerprint density at radius 3 is 2.64 bits per heavy atom. The van der Waals surface area contributed by atoms with Crippen molar-refractivity contribution in [3.8, 4) is 0 Å². The highest BCUT2D eigenvalue weighted by Gasteiger charge is 2.26. The van der Waals surface area contributed by atoms with Crippen LogP contribution >= 0.6 is 12.4 Å². The maximum atomic E-state index is 12.6. The summed E-state index contributed by atoms with van der Waals surface area (Å²) in [5, 5.41) is 2.91. The fraction of sp³-hybridized carbons (Fsp3) is 0.579. The largest absolute Gasteiger partial charge is 0.354 e. The molecule has 0 spiro atoms. The third-order valence-electron chi connectivity index (χ3n) is 4.55. The van der Waals surface area contributed by atoms with E-state index in [0.29, 0.717) is 25.9 Å². The first kappa shape index (κ1) is 21.5. The first-order valence-corrected chi connectivity index (χ1v) is 9.01. The number of halogens is 1. The molecule has 1 unspecified atom stereocenters. The number of nitrogens with one attached hydrogen (secondary N) is 1. The van der Waals surface area contributed by atoms with E-state index < -0.39 is 0 Å². The van der Waals surface area contributed by atoms with Crippen LogP contribution in [0.3, 0.4) is 0 Å². The van der Waals surface area contributed by atoms with Crippen molar-refractivity contribution in [2.24, 2.45) is 5.73 Å². The maximum Gasteiger partial charge on any atom is 0.222 e. The van der Waals surface area contributed by atoms with Crippen molar-refractivity contribution in [2.75, 3.05) is 19.6 Å². The second-order valence-corrected chi connectivity index (χ2v) is 6.42. The summed E-state index contributed by atoms with van der Waals surface area (Å²) in [6.45, 7) is 1.71. The first-order valence-electron chi connectivity index (χ1n) is 9.01. The van der Waals surface area contributed by atoms with E-state index in [1.807, 2.05) is 23.1 Å². The van der Waals surface area contributed by atoms with Crippen LogP contribution in [0.25, 0.3) is 0 Å². The minimum Gasteiger partial charge on any atom is -0.354 e. The van der Waals surface area contributed by atoms with Crippen LogP contribution < -0.4 is 11.1 Å². The van der Waals surface area contributed by atoms with E-state index in [-0.39, 0.29) is 30.3 Å². The molecule has 2 rings (SSSR count). The van der Waals surface area contributed by atoms with Crippen molar-refractivity contribution in [3.05, 3.63) is 35.9 Å². The van der Waals surface area contributed by atoms with Gasteiger partial charge < -0.3 is 16.0 Å². The van der Waals surface area contributed by atoms with Crippen molar-refractivity contribution in [2.45, 2.75) is 51.0 Å². The molecule has 6 heteroatoms. The Balaban J connectivity index is 0.00000312. The fourth-order valence-corrected chi connectivity index (χ4v) is 3.22. The molecule has 0 saturated carbocycles. The van der Waals surface area contributed by atoms with Gasteiger partial charge in [-0.1, -0.05) is 30.3 Å². The summed E-state index contributed by atoms with van der Waals surface area (Å²) < 4.78 is 0. The molecule has 1 aromatic rings. The molecule has 1 saturated heterocycles. The SMILES string of the molecule is Cl.NCCC(=O)NCC1CCCCN1C(=O)CCCc1ccccc1. The molecule has 140 valence electrons. The Bertz CT molecular complexity index is 525. The smallest absolute Gasteiger partial charge is 0.222 e. The van der Waals surface area contributed by atoms with Crippen molar-refractivity contribution in [3.63, 3.8) is 0 Å². The van der Waals surface area contributed by atoms with Crippen molar-refractivity contribution < 1.29 is 9.59 Å². The lowest BCUT2D eigenvalue weighted by Crippen LogP contribution is -2.49. The lowest BCUT2D eigenvalue weighted by atomic mass is 10.0. The number of amides is 2. The number of nitrogens with zero attached hydrogens (tertiary/aromatic N) is 1. The topological polar surface area (TPSA) is 75.4 Å². The van der Waals surface area contributed by atoms with E-state index in [1.165, 1.54) is 5.56 Å². The highest BCUT2D eigenvalue weighted by molar-refractivity contribution is 5.85. The van der Waals surface area contributed by atoms with Gasteiger partial charge in [-0.3, -0.25) is 9.59 Å². The summed E-state index contributed by atoms with van der Waals surface area (Å²) in [5.74, 6) is 0.184. The van der Waals surface area contributed by atoms with Gasteiger partial charge in [-0.2, -0.15) is 0 Å². The Morgan fingerprint density at radius 2 is 1.92 bits per heavy atom. The summed E-state index contributed by atoms with van der Waals surface area (Å²) in [6.07, 6.45) is 5.85. The van der Waals surface area contributed by atoms with Crippen LogP contribution in [0.4, 0.5) is 0 Å². The van der Waals surface area contributed by atoms with E-state index in [4.69, 9.17) is 5.73 Å². The summed E-state index contributed by atoms with van der Waals surface area (Å²) in [6, 6.07) is 10.4. The number of nitrogens with two attached hydrogens (primary N) is 1. The predicted molar refractivity (Wildman–Crippen MR) is 103 cm³/mol. The standard InChI is InChI=1S/C19H29N3O2.ClH/c20-13-12-18(23)21-15-17-10-4-5-14-22(17)19(24)11-6-9-16-7-2-1-3-8-16;/h1-3,7-8,17H,4-6,9-15,20H2,(H,21,23);1H. The monoisotopic (exact) mass is 367 g/mol. The molecule has 1 aliphatic heterocycles. The number of rotatable bonds is 8. The highest BCUT2D eigenvalue weighted by atomic mass is 35.5. The Hall–Kier alpha value is -1.59. The molecule has 1 fully saturated rings. The molecule has 25 heavy (non-hydrogen) atoms. The second kappa shape index (κ2) is 11.9. The molecule has 5 nitrogen and oxygen atoms in total. The Kier molecular flexibility index (Phi) is 10.2. The molecular formula is C19H30ClN3O2. The quantitative estimate of drug-likeness (QED) is 0.740. The lowest BCUT2D eigenvalue weighted by Gasteiger charge is -2.36. The summed E-state index contributed by atoms with van der Waals surface area (Å²) in [7, 11) is 0. The molecule has 0 radical (unpaired) electrons. The van der Waals surface area contributed by atoms with Gasteiger partial charge in [0, 0.05) is 38.5 Å². The van der Waals surface area contributed by atoms with Crippen LogP contribution in [0.15, 0.2) is 30.3 Å². The highest BCUT2D eigenvalue weighted by Crippen LogP contribution is 2.18. The fourth-order valence-electron chi connectivity index (χ4n) is 3.22. The average Bonchev–Trinajstić information content (AvgIpc) is 2.61. The number of hydrogen-bond acceptors (Lipinski definition) is 3. The second-order valence-electron chi connectivity index (χ2n) is 6.42. The third kappa shape index (κ3) is 7.45. The van der Waals surface area contributed by atoms with E-state index in [0.717, 1.165) is 38.6 Å². The number of hydrogen-bond donors (Lipinski definition) is 2. The van der Waals surface area contributed by atoms with Crippen LogP contribution in [-0.4, -0.2) is 42.4 Å². The zero-order valence-corrected chi connectivity index (χ0v) is 15.6. The van der Waals surface area contributed by atoms with Gasteiger partial charge in [0.15, 0.2) is 0 Å². The summed E-state index contributed by atoms with van der Waals surface area (Å²) in [4.78, 5) is 26.1. The van der Waals surface area contributed by atoms with Gasteiger partial charge >= 0.3 is 0 Å². The van der Waals surface area contributed by atoms with Gasteiger partial charge in [-0.05, 0) is 37.7 Å². The molecule has 1 aromatic carbocycles. The average molecular weight is 368 g/mol. The molecule has 3 N–H and O–H groups in total. The number of likely N-dealkylation sites (tertiary alicyclic amines) is 1. The molecular weight excluding hydrogens is 338 g/mol. The number of aryl methyl sites for hydroxylation is 1. The van der Waals surface area contributed by atoms with Crippen molar-refractivity contribution >= 4 is 24.2 Å². The van der Waals surface area contributed by atoms with E-state index >= 15 is 0 Å². The van der Waals surface area contributed by atoms with Crippen LogP contribution in [-0.2, 0) is 16.0 Å². The van der Waals surface area contributed by atoms with Crippen molar-refractivity contribution in [1.82, 2.24) is 10.2 Å². The number of piperidine rings is 1. The normalized spacial score (nSPS) is 16.8. The number of carbonyl (C=O) groups is 2. The van der Waals surface area contributed by atoms with E-state index in [2.05, 4.69) is 17.4 Å². The van der Waals surface area contributed by atoms with Crippen LogP contribution in [0.2, 0.25) is 0 Å². The predicted octanol–water partition coefficient (Wildman–Crippen LogP) is 2.28. The maximum absolute atomic E-state index is 12.6. The minimum absolute atomic E-state index is 0. The summed E-state index contributed by atoms with van der Waals surface area (Å²) in [5.41, 5.74) is 6.66. The molecule has 0 aliphatic carbocycles. The van der Waals surface area contributed by atoms with Gasteiger partial charge in [0.25, 0.3) is 0 Å². The number of carbonyl (C=O) groups excluding carboxylic acids is 2. The van der Waals surface area contributed by atoms with Gasteiger partial charge in [0.2, 0.25) is 11.8 Å². The number of benzene rings is 1. The van der Waals surface area contributed by atoms with Gasteiger partial charge in [0.1, 0.15) is 0 Å². The van der Waals surface area contributed by atoms with Gasteiger partial charge in [0.05, 0.1) is 0 Å². The zero-order chi connectivity index (χ0) is 17.2. The Labute approximate surface area is 156 Å².